The van der Waals surface area contributed by atoms with Crippen LogP contribution < -0.4 is 5.32 Å². The first kappa shape index (κ1) is 17.1. The van der Waals surface area contributed by atoms with Gasteiger partial charge in [0, 0.05) is 45.4 Å². The van der Waals surface area contributed by atoms with E-state index in [2.05, 4.69) is 5.32 Å². The highest BCUT2D eigenvalue weighted by Gasteiger charge is 2.35. The van der Waals surface area contributed by atoms with Crippen molar-refractivity contribution in [1.29, 1.82) is 0 Å². The summed E-state index contributed by atoms with van der Waals surface area (Å²) < 4.78 is 33.8. The van der Waals surface area contributed by atoms with Gasteiger partial charge in [-0.25, -0.2) is 0 Å². The summed E-state index contributed by atoms with van der Waals surface area (Å²) in [4.78, 5) is 0. The summed E-state index contributed by atoms with van der Waals surface area (Å²) in [7, 11) is -1.73. The maximum atomic E-state index is 12.7. The van der Waals surface area contributed by atoms with Crippen LogP contribution in [-0.2, 0) is 14.9 Å². The van der Waals surface area contributed by atoms with Crippen molar-refractivity contribution >= 4 is 10.2 Å². The molecular weight excluding hydrogens is 290 g/mol. The summed E-state index contributed by atoms with van der Waals surface area (Å²) in [5.41, 5.74) is 0. The van der Waals surface area contributed by atoms with Crippen molar-refractivity contribution in [2.75, 3.05) is 39.9 Å². The number of rotatable bonds is 9. The maximum Gasteiger partial charge on any atom is 0.282 e. The van der Waals surface area contributed by atoms with Crippen LogP contribution in [0, 0.1) is 0 Å². The highest BCUT2D eigenvalue weighted by Crippen LogP contribution is 2.24. The molecule has 1 aliphatic heterocycles. The second kappa shape index (κ2) is 7.87. The molecule has 1 saturated carbocycles. The van der Waals surface area contributed by atoms with Gasteiger partial charge in [0.1, 0.15) is 0 Å². The third-order valence-electron chi connectivity index (χ3n) is 4.24. The van der Waals surface area contributed by atoms with Crippen molar-refractivity contribution in [1.82, 2.24) is 13.9 Å². The Balaban J connectivity index is 1.92. The van der Waals surface area contributed by atoms with Gasteiger partial charge in [-0.15, -0.1) is 0 Å². The van der Waals surface area contributed by atoms with Gasteiger partial charge < -0.3 is 10.1 Å². The SMILES string of the molecule is CCOCCN(C)S(=O)(=O)N1CCCCC1CNC1CC1. The molecule has 0 amide bonds. The number of nitrogens with one attached hydrogen (secondary N) is 1. The summed E-state index contributed by atoms with van der Waals surface area (Å²) in [6, 6.07) is 0.714. The molecule has 0 aromatic heterocycles. The van der Waals surface area contributed by atoms with E-state index in [4.69, 9.17) is 4.74 Å². The monoisotopic (exact) mass is 319 g/mol. The summed E-state index contributed by atoms with van der Waals surface area (Å²) in [5, 5.41) is 3.47. The van der Waals surface area contributed by atoms with Crippen LogP contribution in [0.4, 0.5) is 0 Å². The van der Waals surface area contributed by atoms with Gasteiger partial charge >= 0.3 is 0 Å². The molecule has 0 aromatic carbocycles. The van der Waals surface area contributed by atoms with E-state index in [9.17, 15) is 8.42 Å². The fourth-order valence-electron chi connectivity index (χ4n) is 2.70. The van der Waals surface area contributed by atoms with Crippen LogP contribution in [0.2, 0.25) is 0 Å². The summed E-state index contributed by atoms with van der Waals surface area (Å²) in [6.07, 6.45) is 5.49. The van der Waals surface area contributed by atoms with Gasteiger partial charge in [-0.05, 0) is 32.6 Å². The summed E-state index contributed by atoms with van der Waals surface area (Å²) >= 11 is 0. The molecule has 0 aromatic rings. The van der Waals surface area contributed by atoms with E-state index in [0.29, 0.717) is 32.3 Å². The summed E-state index contributed by atoms with van der Waals surface area (Å²) in [5.74, 6) is 0. The van der Waals surface area contributed by atoms with Gasteiger partial charge in [-0.1, -0.05) is 6.42 Å². The van der Waals surface area contributed by atoms with E-state index >= 15 is 0 Å². The van der Waals surface area contributed by atoms with Crippen LogP contribution in [0.3, 0.4) is 0 Å². The van der Waals surface area contributed by atoms with Crippen LogP contribution in [0.25, 0.3) is 0 Å². The fraction of sp³-hybridized carbons (Fsp3) is 1.00. The number of ether oxygens (including phenoxy) is 1. The Kier molecular flexibility index (Phi) is 6.43. The third-order valence-corrected chi connectivity index (χ3v) is 6.28. The van der Waals surface area contributed by atoms with Crippen LogP contribution in [0.1, 0.15) is 39.0 Å². The molecule has 1 N–H and O–H groups in total. The molecule has 1 heterocycles. The lowest BCUT2D eigenvalue weighted by molar-refractivity contribution is 0.135. The molecule has 1 saturated heterocycles. The van der Waals surface area contributed by atoms with Crippen LogP contribution in [-0.4, -0.2) is 69.0 Å². The zero-order valence-electron chi connectivity index (χ0n) is 13.3. The average molecular weight is 319 g/mol. The molecule has 0 bridgehead atoms. The van der Waals surface area contributed by atoms with E-state index in [1.54, 1.807) is 11.4 Å². The Hall–Kier alpha value is -0.210. The van der Waals surface area contributed by atoms with Gasteiger partial charge in [0.25, 0.3) is 10.2 Å². The highest BCUT2D eigenvalue weighted by atomic mass is 32.2. The first-order chi connectivity index (χ1) is 10.1. The van der Waals surface area contributed by atoms with Crippen molar-refractivity contribution in [2.45, 2.75) is 51.1 Å². The molecule has 2 fully saturated rings. The Morgan fingerprint density at radius 2 is 2.05 bits per heavy atom. The summed E-state index contributed by atoms with van der Waals surface area (Å²) in [6.45, 7) is 4.81. The molecule has 1 atom stereocenters. The first-order valence-corrected chi connectivity index (χ1v) is 9.49. The minimum absolute atomic E-state index is 0.0962. The zero-order valence-corrected chi connectivity index (χ0v) is 14.1. The lowest BCUT2D eigenvalue weighted by atomic mass is 10.1. The van der Waals surface area contributed by atoms with Gasteiger partial charge in [-0.2, -0.15) is 17.0 Å². The van der Waals surface area contributed by atoms with Crippen molar-refractivity contribution in [3.8, 4) is 0 Å². The second-order valence-corrected chi connectivity index (χ2v) is 7.96. The van der Waals surface area contributed by atoms with Gasteiger partial charge in [0.05, 0.1) is 6.61 Å². The standard InChI is InChI=1S/C14H29N3O3S/c1-3-20-11-10-16(2)21(18,19)17-9-5-4-6-14(17)12-15-13-7-8-13/h13-15H,3-12H2,1-2H3. The molecule has 0 spiro atoms. The van der Waals surface area contributed by atoms with E-state index in [1.165, 1.54) is 17.1 Å². The van der Waals surface area contributed by atoms with E-state index < -0.39 is 10.2 Å². The lowest BCUT2D eigenvalue weighted by Gasteiger charge is -2.37. The van der Waals surface area contributed by atoms with Gasteiger partial charge in [0.2, 0.25) is 0 Å². The maximum absolute atomic E-state index is 12.7. The first-order valence-electron chi connectivity index (χ1n) is 8.10. The smallest absolute Gasteiger partial charge is 0.282 e. The number of nitrogens with zero attached hydrogens (tertiary/aromatic N) is 2. The number of hydrogen-bond donors (Lipinski definition) is 1. The van der Waals surface area contributed by atoms with Crippen molar-refractivity contribution < 1.29 is 13.2 Å². The Morgan fingerprint density at radius 3 is 2.71 bits per heavy atom. The molecule has 21 heavy (non-hydrogen) atoms. The second-order valence-electron chi connectivity index (χ2n) is 5.97. The van der Waals surface area contributed by atoms with Crippen LogP contribution in [0.5, 0.6) is 0 Å². The topological polar surface area (TPSA) is 61.9 Å². The molecule has 6 nitrogen and oxygen atoms in total. The largest absolute Gasteiger partial charge is 0.380 e. The molecule has 1 unspecified atom stereocenters. The Morgan fingerprint density at radius 1 is 1.29 bits per heavy atom. The van der Waals surface area contributed by atoms with Crippen LogP contribution in [0.15, 0.2) is 0 Å². The fourth-order valence-corrected chi connectivity index (χ4v) is 4.28. The zero-order chi connectivity index (χ0) is 15.3. The van der Waals surface area contributed by atoms with E-state index in [1.807, 2.05) is 6.92 Å². The predicted molar refractivity (Wildman–Crippen MR) is 83.4 cm³/mol. The lowest BCUT2D eigenvalue weighted by Crippen LogP contribution is -2.53. The van der Waals surface area contributed by atoms with Crippen LogP contribution >= 0.6 is 0 Å². The molecular formula is C14H29N3O3S. The average Bonchev–Trinajstić information content (AvgIpc) is 3.29. The number of piperidine rings is 1. The predicted octanol–water partition coefficient (Wildman–Crippen LogP) is 0.806. The number of hydrogen-bond acceptors (Lipinski definition) is 4. The molecule has 2 rings (SSSR count). The van der Waals surface area contributed by atoms with E-state index in [0.717, 1.165) is 25.8 Å². The Bertz CT molecular complexity index is 412. The van der Waals surface area contributed by atoms with Crippen molar-refractivity contribution in [3.05, 3.63) is 0 Å². The van der Waals surface area contributed by atoms with Crippen molar-refractivity contribution in [2.24, 2.45) is 0 Å². The van der Waals surface area contributed by atoms with E-state index in [-0.39, 0.29) is 6.04 Å². The van der Waals surface area contributed by atoms with Crippen molar-refractivity contribution in [3.63, 3.8) is 0 Å². The molecule has 124 valence electrons. The Labute approximate surface area is 129 Å². The minimum atomic E-state index is -3.37. The molecule has 2 aliphatic rings. The quantitative estimate of drug-likeness (QED) is 0.639. The minimum Gasteiger partial charge on any atom is -0.380 e. The number of likely N-dealkylation sites (N-methyl/N-ethyl adjacent to an activating group) is 1. The third kappa shape index (κ3) is 4.89. The highest BCUT2D eigenvalue weighted by molar-refractivity contribution is 7.86. The van der Waals surface area contributed by atoms with Gasteiger partial charge in [0.15, 0.2) is 0 Å². The normalized spacial score (nSPS) is 24.6. The molecule has 7 heteroatoms. The molecule has 0 radical (unpaired) electrons. The molecule has 1 aliphatic carbocycles. The van der Waals surface area contributed by atoms with Gasteiger partial charge in [-0.3, -0.25) is 0 Å².